The Morgan fingerprint density at radius 2 is 1.71 bits per heavy atom. The van der Waals surface area contributed by atoms with Gasteiger partial charge in [-0.05, 0) is 52.7 Å². The van der Waals surface area contributed by atoms with Gasteiger partial charge in [-0.25, -0.2) is 14.6 Å². The number of pyridine rings is 1. The van der Waals surface area contributed by atoms with E-state index in [-0.39, 0.29) is 11.2 Å². The number of nitrogens with one attached hydrogen (secondary N) is 1. The zero-order chi connectivity index (χ0) is 29.5. The van der Waals surface area contributed by atoms with Crippen LogP contribution in [-0.2, 0) is 35.5 Å². The van der Waals surface area contributed by atoms with E-state index in [1.165, 1.54) is 19.7 Å². The van der Waals surface area contributed by atoms with Crippen molar-refractivity contribution in [2.45, 2.75) is 39.0 Å². The highest BCUT2D eigenvalue weighted by molar-refractivity contribution is 6.08. The lowest BCUT2D eigenvalue weighted by Crippen LogP contribution is -2.38. The summed E-state index contributed by atoms with van der Waals surface area (Å²) in [5.74, 6) is -1.29. The number of amides is 1. The van der Waals surface area contributed by atoms with Crippen LogP contribution < -0.4 is 16.6 Å². The van der Waals surface area contributed by atoms with Gasteiger partial charge in [-0.2, -0.15) is 0 Å². The van der Waals surface area contributed by atoms with Gasteiger partial charge in [0.15, 0.2) is 6.61 Å². The van der Waals surface area contributed by atoms with E-state index in [1.807, 2.05) is 24.3 Å². The molecule has 1 amide bonds. The summed E-state index contributed by atoms with van der Waals surface area (Å²) in [4.78, 5) is 55.1. The molecule has 0 bridgehead atoms. The Labute approximate surface area is 237 Å². The number of fused-ring (bicyclic) bond motifs is 2. The highest BCUT2D eigenvalue weighted by Gasteiger charge is 2.28. The molecular formula is C32H32N4O5. The van der Waals surface area contributed by atoms with E-state index < -0.39 is 29.7 Å². The second kappa shape index (κ2) is 10.6. The van der Waals surface area contributed by atoms with Crippen LogP contribution in [0, 0.1) is 0 Å². The summed E-state index contributed by atoms with van der Waals surface area (Å²) in [6.45, 7) is 5.95. The molecule has 0 aliphatic heterocycles. The summed E-state index contributed by atoms with van der Waals surface area (Å²) in [6.07, 6.45) is 3.44. The quantitative estimate of drug-likeness (QED) is 0.371. The Kier molecular flexibility index (Phi) is 7.21. The predicted octanol–water partition coefficient (Wildman–Crippen LogP) is 4.21. The van der Waals surface area contributed by atoms with E-state index in [0.717, 1.165) is 44.0 Å². The molecule has 0 fully saturated rings. The van der Waals surface area contributed by atoms with Gasteiger partial charge < -0.3 is 10.1 Å². The second-order valence-electron chi connectivity index (χ2n) is 11.3. The summed E-state index contributed by atoms with van der Waals surface area (Å²) in [5, 5.41) is 3.13. The van der Waals surface area contributed by atoms with Crippen molar-refractivity contribution in [2.75, 3.05) is 11.9 Å². The first-order valence-corrected chi connectivity index (χ1v) is 13.4. The molecule has 4 aromatic rings. The van der Waals surface area contributed by atoms with Gasteiger partial charge in [0.25, 0.3) is 11.5 Å². The predicted molar refractivity (Wildman–Crippen MR) is 159 cm³/mol. The molecule has 2 aromatic heterocycles. The van der Waals surface area contributed by atoms with Gasteiger partial charge in [0, 0.05) is 25.5 Å². The number of benzene rings is 2. The molecule has 1 N–H and O–H groups in total. The normalized spacial score (nSPS) is 13.8. The van der Waals surface area contributed by atoms with Crippen LogP contribution in [0.3, 0.4) is 0 Å². The van der Waals surface area contributed by atoms with Crippen molar-refractivity contribution in [3.05, 3.63) is 103 Å². The first kappa shape index (κ1) is 27.8. The fourth-order valence-electron chi connectivity index (χ4n) is 5.03. The first-order chi connectivity index (χ1) is 19.4. The van der Waals surface area contributed by atoms with Crippen LogP contribution in [0.25, 0.3) is 22.6 Å². The number of carbonyl (C=O) groups excluding carboxylic acids is 2. The van der Waals surface area contributed by atoms with Gasteiger partial charge in [-0.15, -0.1) is 0 Å². The fourth-order valence-corrected chi connectivity index (χ4v) is 5.03. The average Bonchev–Trinajstić information content (AvgIpc) is 3.33. The number of allylic oxidation sites excluding steroid dienone is 1. The van der Waals surface area contributed by atoms with Gasteiger partial charge in [-0.1, -0.05) is 63.2 Å². The van der Waals surface area contributed by atoms with Gasteiger partial charge in [-0.3, -0.25) is 18.7 Å². The number of anilines is 1. The number of carbonyl (C=O) groups is 2. The minimum atomic E-state index is -0.670. The monoisotopic (exact) mass is 552 g/mol. The van der Waals surface area contributed by atoms with Gasteiger partial charge in [0.1, 0.15) is 5.82 Å². The number of para-hydroxylation sites is 1. The largest absolute Gasteiger partial charge is 0.452 e. The third-order valence-corrected chi connectivity index (χ3v) is 7.39. The molecule has 2 heterocycles. The highest BCUT2D eigenvalue weighted by Crippen LogP contribution is 2.38. The summed E-state index contributed by atoms with van der Waals surface area (Å²) in [7, 11) is 2.78. The van der Waals surface area contributed by atoms with Crippen molar-refractivity contribution in [1.82, 2.24) is 14.1 Å². The number of hydrogen-bond donors (Lipinski definition) is 1. The Morgan fingerprint density at radius 1 is 1.00 bits per heavy atom. The molecule has 0 unspecified atom stereocenters. The molecule has 41 heavy (non-hydrogen) atoms. The zero-order valence-corrected chi connectivity index (χ0v) is 23.8. The van der Waals surface area contributed by atoms with E-state index in [9.17, 15) is 19.2 Å². The van der Waals surface area contributed by atoms with Crippen LogP contribution in [0.1, 0.15) is 59.9 Å². The first-order valence-electron chi connectivity index (χ1n) is 13.4. The van der Waals surface area contributed by atoms with E-state index >= 15 is 0 Å². The average molecular weight is 553 g/mol. The molecule has 1 aliphatic rings. The third kappa shape index (κ3) is 5.48. The van der Waals surface area contributed by atoms with Gasteiger partial charge >= 0.3 is 11.7 Å². The summed E-state index contributed by atoms with van der Waals surface area (Å²) >= 11 is 0. The molecule has 5 rings (SSSR count). The molecule has 0 radical (unpaired) electrons. The molecule has 0 spiro atoms. The van der Waals surface area contributed by atoms with Crippen LogP contribution in [0.15, 0.2) is 64.2 Å². The number of nitrogens with zero attached hydrogens (tertiary/aromatic N) is 3. The third-order valence-electron chi connectivity index (χ3n) is 7.39. The summed E-state index contributed by atoms with van der Waals surface area (Å²) < 4.78 is 7.51. The van der Waals surface area contributed by atoms with Crippen LogP contribution in [0.5, 0.6) is 0 Å². The molecule has 210 valence electrons. The molecule has 9 heteroatoms. The lowest BCUT2D eigenvalue weighted by Gasteiger charge is -2.18. The Morgan fingerprint density at radius 3 is 2.41 bits per heavy atom. The molecule has 0 saturated carbocycles. The molecule has 0 atom stereocenters. The maximum Gasteiger partial charge on any atom is 0.339 e. The number of rotatable bonds is 5. The van der Waals surface area contributed by atoms with E-state index in [4.69, 9.17) is 9.72 Å². The second-order valence-corrected chi connectivity index (χ2v) is 11.3. The van der Waals surface area contributed by atoms with Crippen LogP contribution in [-0.4, -0.2) is 32.6 Å². The van der Waals surface area contributed by atoms with Crippen molar-refractivity contribution in [2.24, 2.45) is 14.1 Å². The van der Waals surface area contributed by atoms with Crippen molar-refractivity contribution in [3.8, 4) is 0 Å². The Bertz CT molecular complexity index is 1840. The summed E-state index contributed by atoms with van der Waals surface area (Å²) in [6, 6.07) is 17.0. The zero-order valence-electron chi connectivity index (χ0n) is 23.8. The lowest BCUT2D eigenvalue weighted by molar-refractivity contribution is -0.119. The standard InChI is InChI=1S/C32H32N4O5/c1-32(2,3)21-13-10-19(11-14-21)16-20-12-15-23-28(22-8-6-7-9-24(22)33-29(20)23)30(39)41-18-26(37)34-25-17-27(38)36(5)31(40)35(25)4/h6-11,13-14,16-17H,12,15,18H2,1-5H3,(H,34,37). The molecule has 0 saturated heterocycles. The van der Waals surface area contributed by atoms with E-state index in [2.05, 4.69) is 56.4 Å². The molecule has 9 nitrogen and oxygen atoms in total. The number of hydrogen-bond acceptors (Lipinski definition) is 6. The van der Waals surface area contributed by atoms with Crippen LogP contribution in [0.4, 0.5) is 5.82 Å². The minimum Gasteiger partial charge on any atom is -0.452 e. The maximum absolute atomic E-state index is 13.4. The topological polar surface area (TPSA) is 112 Å². The lowest BCUT2D eigenvalue weighted by atomic mass is 9.86. The van der Waals surface area contributed by atoms with Crippen LogP contribution >= 0.6 is 0 Å². The fraction of sp³-hybridized carbons (Fsp3) is 0.281. The Hall–Kier alpha value is -4.79. The van der Waals surface area contributed by atoms with E-state index in [0.29, 0.717) is 22.9 Å². The minimum absolute atomic E-state index is 0.0136. The maximum atomic E-state index is 13.4. The van der Waals surface area contributed by atoms with Gasteiger partial charge in [0.05, 0.1) is 16.8 Å². The van der Waals surface area contributed by atoms with Crippen molar-refractivity contribution >= 4 is 40.2 Å². The Balaban J connectivity index is 1.42. The van der Waals surface area contributed by atoms with Crippen LogP contribution in [0.2, 0.25) is 0 Å². The number of ether oxygens (including phenoxy) is 1. The number of esters is 1. The van der Waals surface area contributed by atoms with E-state index in [1.54, 1.807) is 0 Å². The van der Waals surface area contributed by atoms with Crippen molar-refractivity contribution < 1.29 is 14.3 Å². The molecule has 2 aromatic carbocycles. The molecular weight excluding hydrogens is 520 g/mol. The highest BCUT2D eigenvalue weighted by atomic mass is 16.5. The van der Waals surface area contributed by atoms with Crippen molar-refractivity contribution in [3.63, 3.8) is 0 Å². The molecule has 1 aliphatic carbocycles. The van der Waals surface area contributed by atoms with Crippen molar-refractivity contribution in [1.29, 1.82) is 0 Å². The number of aromatic nitrogens is 3. The smallest absolute Gasteiger partial charge is 0.339 e. The summed E-state index contributed by atoms with van der Waals surface area (Å²) in [5.41, 5.74) is 4.87. The van der Waals surface area contributed by atoms with Gasteiger partial charge in [0.2, 0.25) is 0 Å². The SMILES string of the molecule is Cn1c(NC(=O)COC(=O)c2c3c(nc4ccccc24)C(=Cc2ccc(C(C)(C)C)cc2)CC3)cc(=O)n(C)c1=O.